The number of oxazole rings is 1. The number of alkyl halides is 3. The van der Waals surface area contributed by atoms with Crippen molar-refractivity contribution in [3.05, 3.63) is 77.7 Å². The number of aliphatic imine (C=N–C) groups is 1. The van der Waals surface area contributed by atoms with Crippen molar-refractivity contribution >= 4 is 29.9 Å². The third-order valence-electron chi connectivity index (χ3n) is 3.97. The van der Waals surface area contributed by atoms with Gasteiger partial charge in [0.2, 0.25) is 5.89 Å². The van der Waals surface area contributed by atoms with Crippen LogP contribution in [0.3, 0.4) is 0 Å². The summed E-state index contributed by atoms with van der Waals surface area (Å²) in [5.74, 6) is 1.04. The van der Waals surface area contributed by atoms with E-state index in [1.807, 2.05) is 30.3 Å². The molecule has 0 saturated heterocycles. The second-order valence-corrected chi connectivity index (χ2v) is 5.98. The second-order valence-electron chi connectivity index (χ2n) is 5.98. The van der Waals surface area contributed by atoms with E-state index in [4.69, 9.17) is 4.42 Å². The van der Waals surface area contributed by atoms with Crippen LogP contribution in [0, 0.1) is 0 Å². The van der Waals surface area contributed by atoms with E-state index in [1.165, 1.54) is 12.1 Å². The molecule has 0 spiro atoms. The molecule has 0 atom stereocenters. The molecule has 9 heteroatoms. The number of hydrogen-bond acceptors (Lipinski definition) is 3. The molecule has 3 aromatic rings. The number of aromatic nitrogens is 1. The lowest BCUT2D eigenvalue weighted by atomic mass is 10.1. The van der Waals surface area contributed by atoms with Crippen molar-refractivity contribution in [1.29, 1.82) is 0 Å². The van der Waals surface area contributed by atoms with Gasteiger partial charge < -0.3 is 15.1 Å². The van der Waals surface area contributed by atoms with Gasteiger partial charge in [0.15, 0.2) is 5.96 Å². The van der Waals surface area contributed by atoms with E-state index < -0.39 is 11.7 Å². The van der Waals surface area contributed by atoms with Gasteiger partial charge in [-0.25, -0.2) is 4.98 Å². The Morgan fingerprint density at radius 1 is 1.00 bits per heavy atom. The summed E-state index contributed by atoms with van der Waals surface area (Å²) in [6.07, 6.45) is -2.77. The monoisotopic (exact) mass is 516 g/mol. The van der Waals surface area contributed by atoms with Crippen molar-refractivity contribution in [3.8, 4) is 11.5 Å². The molecule has 2 aromatic carbocycles. The third kappa shape index (κ3) is 6.48. The Morgan fingerprint density at radius 2 is 1.66 bits per heavy atom. The maximum atomic E-state index is 12.6. The molecule has 3 rings (SSSR count). The fourth-order valence-corrected chi connectivity index (χ4v) is 2.49. The molecule has 5 nitrogen and oxygen atoms in total. The highest BCUT2D eigenvalue weighted by Crippen LogP contribution is 2.29. The van der Waals surface area contributed by atoms with Crippen molar-refractivity contribution in [3.63, 3.8) is 0 Å². The summed E-state index contributed by atoms with van der Waals surface area (Å²) in [5, 5.41) is 6.14. The Balaban J connectivity index is 0.00000300. The molecule has 0 unspecified atom stereocenters. The fraction of sp³-hybridized carbons (Fsp3) is 0.200. The summed E-state index contributed by atoms with van der Waals surface area (Å²) in [4.78, 5) is 8.52. The van der Waals surface area contributed by atoms with E-state index in [2.05, 4.69) is 20.6 Å². The maximum absolute atomic E-state index is 12.6. The summed E-state index contributed by atoms with van der Waals surface area (Å²) in [5.41, 5.74) is 1.64. The largest absolute Gasteiger partial charge is 0.444 e. The van der Waals surface area contributed by atoms with Gasteiger partial charge in [-0.05, 0) is 29.8 Å². The lowest BCUT2D eigenvalue weighted by Gasteiger charge is -2.12. The van der Waals surface area contributed by atoms with Gasteiger partial charge in [0.1, 0.15) is 6.26 Å². The maximum Gasteiger partial charge on any atom is 0.416 e. The summed E-state index contributed by atoms with van der Waals surface area (Å²) in [6, 6.07) is 14.6. The molecule has 0 aliphatic carbocycles. The van der Waals surface area contributed by atoms with Gasteiger partial charge in [-0.3, -0.25) is 4.99 Å². The Hall–Kier alpha value is -2.56. The molecule has 1 heterocycles. The molecule has 0 fully saturated rings. The van der Waals surface area contributed by atoms with Crippen molar-refractivity contribution in [1.82, 2.24) is 15.6 Å². The minimum Gasteiger partial charge on any atom is -0.444 e. The molecular formula is C20H20F3IN4O. The second kappa shape index (κ2) is 10.3. The quantitative estimate of drug-likeness (QED) is 0.290. The van der Waals surface area contributed by atoms with Crippen LogP contribution in [0.25, 0.3) is 11.5 Å². The summed E-state index contributed by atoms with van der Waals surface area (Å²) in [7, 11) is 1.61. The van der Waals surface area contributed by atoms with Crippen molar-refractivity contribution in [2.45, 2.75) is 19.3 Å². The van der Waals surface area contributed by atoms with Crippen LogP contribution in [0.5, 0.6) is 0 Å². The zero-order valence-corrected chi connectivity index (χ0v) is 17.9. The number of nitrogens with one attached hydrogen (secondary N) is 2. The molecule has 0 radical (unpaired) electrons. The highest BCUT2D eigenvalue weighted by molar-refractivity contribution is 14.0. The van der Waals surface area contributed by atoms with Crippen LogP contribution >= 0.6 is 24.0 Å². The van der Waals surface area contributed by atoms with Gasteiger partial charge in [0.25, 0.3) is 0 Å². The lowest BCUT2D eigenvalue weighted by Crippen LogP contribution is -2.36. The van der Waals surface area contributed by atoms with Crippen molar-refractivity contribution in [2.24, 2.45) is 4.99 Å². The first-order chi connectivity index (χ1) is 13.5. The Bertz CT molecular complexity index is 925. The predicted octanol–water partition coefficient (Wildman–Crippen LogP) is 4.84. The lowest BCUT2D eigenvalue weighted by molar-refractivity contribution is -0.137. The molecular weight excluding hydrogens is 496 g/mol. The standard InChI is InChI=1S/C20H19F3N4O.HI/c1-24-19(25-11-14-7-9-16(10-8-14)20(21,22)23)26-12-17-13-28-18(27-17)15-5-3-2-4-6-15;/h2-10,13H,11-12H2,1H3,(H2,24,25,26);1H. The highest BCUT2D eigenvalue weighted by atomic mass is 127. The molecule has 1 aromatic heterocycles. The van der Waals surface area contributed by atoms with E-state index in [-0.39, 0.29) is 24.0 Å². The average Bonchev–Trinajstić information content (AvgIpc) is 3.17. The zero-order valence-electron chi connectivity index (χ0n) is 15.5. The molecule has 0 aliphatic rings. The minimum absolute atomic E-state index is 0. The minimum atomic E-state index is -4.33. The number of benzene rings is 2. The van der Waals surface area contributed by atoms with Gasteiger partial charge in [-0.15, -0.1) is 24.0 Å². The van der Waals surface area contributed by atoms with Gasteiger partial charge in [-0.1, -0.05) is 30.3 Å². The van der Waals surface area contributed by atoms with E-state index in [0.717, 1.165) is 17.7 Å². The number of hydrogen-bond donors (Lipinski definition) is 2. The van der Waals surface area contributed by atoms with Crippen LogP contribution in [0.4, 0.5) is 13.2 Å². The molecule has 29 heavy (non-hydrogen) atoms. The summed E-state index contributed by atoms with van der Waals surface area (Å²) in [6.45, 7) is 0.731. The topological polar surface area (TPSA) is 62.5 Å². The molecule has 0 saturated carbocycles. The Kier molecular flexibility index (Phi) is 8.06. The molecule has 0 aliphatic heterocycles. The number of halogens is 4. The van der Waals surface area contributed by atoms with E-state index in [0.29, 0.717) is 36.2 Å². The number of rotatable bonds is 5. The van der Waals surface area contributed by atoms with Crippen LogP contribution in [-0.4, -0.2) is 18.0 Å². The Labute approximate surface area is 183 Å². The van der Waals surface area contributed by atoms with Crippen LogP contribution in [0.1, 0.15) is 16.8 Å². The van der Waals surface area contributed by atoms with E-state index >= 15 is 0 Å². The normalized spacial score (nSPS) is 11.7. The smallest absolute Gasteiger partial charge is 0.416 e. The van der Waals surface area contributed by atoms with Crippen LogP contribution in [-0.2, 0) is 19.3 Å². The zero-order chi connectivity index (χ0) is 20.0. The molecule has 154 valence electrons. The van der Waals surface area contributed by atoms with Gasteiger partial charge in [0.05, 0.1) is 17.8 Å². The summed E-state index contributed by atoms with van der Waals surface area (Å²) >= 11 is 0. The first-order valence-corrected chi connectivity index (χ1v) is 8.56. The van der Waals surface area contributed by atoms with Crippen molar-refractivity contribution < 1.29 is 17.6 Å². The van der Waals surface area contributed by atoms with E-state index in [9.17, 15) is 13.2 Å². The molecule has 0 bridgehead atoms. The Morgan fingerprint density at radius 3 is 2.28 bits per heavy atom. The van der Waals surface area contributed by atoms with Crippen LogP contribution in [0.15, 0.2) is 70.3 Å². The van der Waals surface area contributed by atoms with Gasteiger partial charge >= 0.3 is 6.18 Å². The highest BCUT2D eigenvalue weighted by Gasteiger charge is 2.29. The fourth-order valence-electron chi connectivity index (χ4n) is 2.49. The predicted molar refractivity (Wildman–Crippen MR) is 116 cm³/mol. The summed E-state index contributed by atoms with van der Waals surface area (Å²) < 4.78 is 43.3. The van der Waals surface area contributed by atoms with Gasteiger partial charge in [-0.2, -0.15) is 13.2 Å². The number of nitrogens with zero attached hydrogens (tertiary/aromatic N) is 2. The first-order valence-electron chi connectivity index (χ1n) is 8.56. The van der Waals surface area contributed by atoms with Crippen LogP contribution < -0.4 is 10.6 Å². The van der Waals surface area contributed by atoms with Crippen LogP contribution in [0.2, 0.25) is 0 Å². The average molecular weight is 516 g/mol. The van der Waals surface area contributed by atoms with Gasteiger partial charge in [0, 0.05) is 19.2 Å². The molecule has 2 N–H and O–H groups in total. The first kappa shape index (κ1) is 22.7. The number of guanidine groups is 1. The van der Waals surface area contributed by atoms with E-state index in [1.54, 1.807) is 13.3 Å². The third-order valence-corrected chi connectivity index (χ3v) is 3.97. The molecule has 0 amide bonds. The SMILES string of the molecule is CN=C(NCc1ccc(C(F)(F)F)cc1)NCc1coc(-c2ccccc2)n1.I. The van der Waals surface area contributed by atoms with Crippen molar-refractivity contribution in [2.75, 3.05) is 7.05 Å².